The molecule has 2 fully saturated rings. The van der Waals surface area contributed by atoms with E-state index in [4.69, 9.17) is 0 Å². The van der Waals surface area contributed by atoms with Crippen LogP contribution in [0.5, 0.6) is 0 Å². The van der Waals surface area contributed by atoms with E-state index < -0.39 is 17.7 Å². The molecule has 0 saturated carbocycles. The Kier molecular flexibility index (Phi) is 8.72. The Morgan fingerprint density at radius 3 is 2.38 bits per heavy atom. The zero-order valence-corrected chi connectivity index (χ0v) is 20.1. The molecule has 0 aliphatic carbocycles. The van der Waals surface area contributed by atoms with E-state index in [0.717, 1.165) is 32.5 Å². The number of unbranched alkanes of at least 4 members (excludes halogenated alkanes) is 2. The third kappa shape index (κ3) is 6.10. The second kappa shape index (κ2) is 11.3. The van der Waals surface area contributed by atoms with Gasteiger partial charge in [0.25, 0.3) is 0 Å². The zero-order valence-electron chi connectivity index (χ0n) is 20.1. The summed E-state index contributed by atoms with van der Waals surface area (Å²) < 4.78 is 0. The van der Waals surface area contributed by atoms with Gasteiger partial charge in [-0.15, -0.1) is 0 Å². The van der Waals surface area contributed by atoms with Crippen LogP contribution in [0.3, 0.4) is 0 Å². The molecule has 0 aromatic heterocycles. The summed E-state index contributed by atoms with van der Waals surface area (Å²) in [5.74, 6) is 0.245. The highest BCUT2D eigenvalue weighted by Gasteiger charge is 2.53. The van der Waals surface area contributed by atoms with Gasteiger partial charge in [-0.3, -0.25) is 9.59 Å². The average molecular weight is 444 g/mol. The number of nitrogens with one attached hydrogen (secondary N) is 1. The Labute approximate surface area is 193 Å². The molecule has 1 aromatic carbocycles. The van der Waals surface area contributed by atoms with Crippen molar-refractivity contribution in [3.05, 3.63) is 35.9 Å². The molecular formula is C26H41N3O3. The molecule has 178 valence electrons. The number of benzene rings is 1. The first-order chi connectivity index (χ1) is 15.3. The number of hydrogen-bond donors (Lipinski definition) is 2. The van der Waals surface area contributed by atoms with Gasteiger partial charge in [-0.2, -0.15) is 0 Å². The van der Waals surface area contributed by atoms with Crippen molar-refractivity contribution in [2.75, 3.05) is 26.2 Å². The van der Waals surface area contributed by atoms with Crippen molar-refractivity contribution in [2.45, 2.75) is 83.4 Å². The fourth-order valence-corrected chi connectivity index (χ4v) is 5.17. The topological polar surface area (TPSA) is 72.9 Å². The summed E-state index contributed by atoms with van der Waals surface area (Å²) in [4.78, 5) is 30.6. The standard InChI is InChI=1S/C26H41N3O3/c1-20(2)18-23-24(31)29(19-21(3)30)26(25(32)27-23)13-16-28(17-14-26)15-9-5-8-12-22-10-6-4-7-11-22/h4,6-7,10-11,20-21,23,30H,5,8-9,12-19H2,1-3H3,(H,27,32)/t21-,23-/m0/s1. The molecule has 0 radical (unpaired) electrons. The van der Waals surface area contributed by atoms with Crippen molar-refractivity contribution in [3.8, 4) is 0 Å². The average Bonchev–Trinajstić information content (AvgIpc) is 2.76. The van der Waals surface area contributed by atoms with Crippen molar-refractivity contribution >= 4 is 11.8 Å². The van der Waals surface area contributed by atoms with Crippen LogP contribution in [0.15, 0.2) is 30.3 Å². The van der Waals surface area contributed by atoms with Crippen LogP contribution >= 0.6 is 0 Å². The molecule has 6 nitrogen and oxygen atoms in total. The first-order valence-corrected chi connectivity index (χ1v) is 12.4. The molecule has 6 heteroatoms. The van der Waals surface area contributed by atoms with E-state index in [9.17, 15) is 14.7 Å². The summed E-state index contributed by atoms with van der Waals surface area (Å²) in [5, 5.41) is 13.1. The summed E-state index contributed by atoms with van der Waals surface area (Å²) in [6.45, 7) is 8.68. The smallest absolute Gasteiger partial charge is 0.246 e. The quantitative estimate of drug-likeness (QED) is 0.546. The van der Waals surface area contributed by atoms with Crippen LogP contribution in [0.1, 0.15) is 64.9 Å². The monoisotopic (exact) mass is 443 g/mol. The van der Waals surface area contributed by atoms with Crippen LogP contribution in [-0.4, -0.2) is 70.6 Å². The predicted molar refractivity (Wildman–Crippen MR) is 127 cm³/mol. The van der Waals surface area contributed by atoms with Crippen molar-refractivity contribution < 1.29 is 14.7 Å². The Morgan fingerprint density at radius 2 is 1.75 bits per heavy atom. The van der Waals surface area contributed by atoms with E-state index in [2.05, 4.69) is 54.4 Å². The largest absolute Gasteiger partial charge is 0.392 e. The fourth-order valence-electron chi connectivity index (χ4n) is 5.17. The molecule has 2 N–H and O–H groups in total. The van der Waals surface area contributed by atoms with Crippen LogP contribution in [-0.2, 0) is 16.0 Å². The minimum atomic E-state index is -0.814. The maximum atomic E-state index is 13.2. The highest BCUT2D eigenvalue weighted by atomic mass is 16.3. The molecule has 2 atom stereocenters. The molecule has 1 aromatic rings. The van der Waals surface area contributed by atoms with Gasteiger partial charge < -0.3 is 20.2 Å². The normalized spacial score (nSPS) is 22.4. The first kappa shape index (κ1) is 24.7. The minimum absolute atomic E-state index is 0.0337. The molecule has 2 aliphatic rings. The lowest BCUT2D eigenvalue weighted by Crippen LogP contribution is -2.73. The maximum absolute atomic E-state index is 13.2. The molecule has 1 spiro atoms. The second-order valence-electron chi connectivity index (χ2n) is 10.1. The second-order valence-corrected chi connectivity index (χ2v) is 10.1. The van der Waals surface area contributed by atoms with E-state index >= 15 is 0 Å². The van der Waals surface area contributed by atoms with Gasteiger partial charge in [0.05, 0.1) is 6.10 Å². The van der Waals surface area contributed by atoms with Crippen LogP contribution < -0.4 is 5.32 Å². The Balaban J connectivity index is 1.52. The van der Waals surface area contributed by atoms with Crippen LogP contribution in [0, 0.1) is 5.92 Å². The number of piperazine rings is 1. The SMILES string of the molecule is CC(C)C[C@@H]1NC(=O)C2(CCN(CCCCCc3ccccc3)CC2)N(C[C@H](C)O)C1=O. The van der Waals surface area contributed by atoms with Crippen LogP contribution in [0.25, 0.3) is 0 Å². The molecule has 3 rings (SSSR count). The van der Waals surface area contributed by atoms with Crippen molar-refractivity contribution in [3.63, 3.8) is 0 Å². The molecule has 2 amide bonds. The number of likely N-dealkylation sites (tertiary alicyclic amines) is 1. The Bertz CT molecular complexity index is 742. The van der Waals surface area contributed by atoms with Gasteiger partial charge in [0.2, 0.25) is 11.8 Å². The number of aliphatic hydroxyl groups excluding tert-OH is 1. The molecule has 2 heterocycles. The number of carbonyl (C=O) groups is 2. The van der Waals surface area contributed by atoms with E-state index in [0.29, 0.717) is 25.2 Å². The van der Waals surface area contributed by atoms with E-state index in [1.165, 1.54) is 18.4 Å². The number of nitrogens with zero attached hydrogens (tertiary/aromatic N) is 2. The van der Waals surface area contributed by atoms with Crippen LogP contribution in [0.2, 0.25) is 0 Å². The van der Waals surface area contributed by atoms with Gasteiger partial charge in [0.1, 0.15) is 11.6 Å². The molecule has 0 unspecified atom stereocenters. The highest BCUT2D eigenvalue weighted by molar-refractivity contribution is 6.00. The fraction of sp³-hybridized carbons (Fsp3) is 0.692. The minimum Gasteiger partial charge on any atom is -0.392 e. The van der Waals surface area contributed by atoms with E-state index in [1.807, 2.05) is 0 Å². The number of hydrogen-bond acceptors (Lipinski definition) is 4. The summed E-state index contributed by atoms with van der Waals surface area (Å²) >= 11 is 0. The number of β-amino-alcohol motifs (C(OH)–C–C–N with tert-alkyl or cyclic N) is 1. The van der Waals surface area contributed by atoms with Gasteiger partial charge in [-0.25, -0.2) is 0 Å². The lowest BCUT2D eigenvalue weighted by molar-refractivity contribution is -0.163. The van der Waals surface area contributed by atoms with Crippen molar-refractivity contribution in [1.29, 1.82) is 0 Å². The van der Waals surface area contributed by atoms with Gasteiger partial charge in [0.15, 0.2) is 0 Å². The number of aryl methyl sites for hydroxylation is 1. The number of aliphatic hydroxyl groups is 1. The summed E-state index contributed by atoms with van der Waals surface area (Å²) in [6, 6.07) is 10.1. The molecule has 0 bridgehead atoms. The number of rotatable bonds is 10. The molecule has 32 heavy (non-hydrogen) atoms. The van der Waals surface area contributed by atoms with Crippen molar-refractivity contribution in [1.82, 2.24) is 15.1 Å². The molecule has 2 aliphatic heterocycles. The molecular weight excluding hydrogens is 402 g/mol. The highest BCUT2D eigenvalue weighted by Crippen LogP contribution is 2.34. The number of piperidine rings is 1. The number of carbonyl (C=O) groups excluding carboxylic acids is 2. The first-order valence-electron chi connectivity index (χ1n) is 12.4. The lowest BCUT2D eigenvalue weighted by Gasteiger charge is -2.52. The third-order valence-corrected chi connectivity index (χ3v) is 6.93. The zero-order chi connectivity index (χ0) is 23.1. The third-order valence-electron chi connectivity index (χ3n) is 6.93. The van der Waals surface area contributed by atoms with Gasteiger partial charge in [-0.05, 0) is 63.5 Å². The van der Waals surface area contributed by atoms with Crippen LogP contribution in [0.4, 0.5) is 0 Å². The van der Waals surface area contributed by atoms with Gasteiger partial charge in [0, 0.05) is 19.6 Å². The maximum Gasteiger partial charge on any atom is 0.246 e. The summed E-state index contributed by atoms with van der Waals surface area (Å²) in [6.07, 6.45) is 5.91. The Hall–Kier alpha value is -1.92. The Morgan fingerprint density at radius 1 is 1.06 bits per heavy atom. The predicted octanol–water partition coefficient (Wildman–Crippen LogP) is 2.99. The van der Waals surface area contributed by atoms with Gasteiger partial charge in [-0.1, -0.05) is 50.6 Å². The lowest BCUT2D eigenvalue weighted by atomic mass is 9.80. The van der Waals surface area contributed by atoms with E-state index in [-0.39, 0.29) is 18.4 Å². The summed E-state index contributed by atoms with van der Waals surface area (Å²) in [5.41, 5.74) is 0.583. The molecule has 2 saturated heterocycles. The van der Waals surface area contributed by atoms with Crippen molar-refractivity contribution in [2.24, 2.45) is 5.92 Å². The number of amides is 2. The van der Waals surface area contributed by atoms with Gasteiger partial charge >= 0.3 is 0 Å². The summed E-state index contributed by atoms with van der Waals surface area (Å²) in [7, 11) is 0. The van der Waals surface area contributed by atoms with E-state index in [1.54, 1.807) is 11.8 Å².